The first-order valence-electron chi connectivity index (χ1n) is 8.51. The Morgan fingerprint density at radius 1 is 1.19 bits per heavy atom. The van der Waals surface area contributed by atoms with E-state index in [-0.39, 0.29) is 11.7 Å². The van der Waals surface area contributed by atoms with Crippen LogP contribution in [0.3, 0.4) is 0 Å². The molecule has 3 rings (SSSR count). The van der Waals surface area contributed by atoms with Crippen molar-refractivity contribution in [2.75, 3.05) is 23.1 Å². The third kappa shape index (κ3) is 4.70. The van der Waals surface area contributed by atoms with Crippen LogP contribution >= 0.6 is 0 Å². The lowest BCUT2D eigenvalue weighted by Gasteiger charge is -2.16. The van der Waals surface area contributed by atoms with Crippen molar-refractivity contribution in [3.63, 3.8) is 0 Å². The van der Waals surface area contributed by atoms with E-state index in [9.17, 15) is 13.2 Å². The van der Waals surface area contributed by atoms with Gasteiger partial charge < -0.3 is 5.32 Å². The van der Waals surface area contributed by atoms with E-state index in [1.807, 2.05) is 18.2 Å². The minimum Gasteiger partial charge on any atom is -0.352 e. The Labute approximate surface area is 153 Å². The zero-order chi connectivity index (χ0) is 18.4. The maximum Gasteiger partial charge on any atom is 0.244 e. The third-order valence-corrected chi connectivity index (χ3v) is 5.98. The van der Waals surface area contributed by atoms with Gasteiger partial charge in [-0.1, -0.05) is 18.2 Å². The van der Waals surface area contributed by atoms with Crippen molar-refractivity contribution in [1.82, 2.24) is 10.3 Å². The maximum absolute atomic E-state index is 11.9. The molecule has 1 aromatic carbocycles. The number of hydrogen-bond acceptors (Lipinski definition) is 4. The lowest BCUT2D eigenvalue weighted by Crippen LogP contribution is -2.24. The highest BCUT2D eigenvalue weighted by molar-refractivity contribution is 7.93. The normalized spacial score (nSPS) is 16.1. The zero-order valence-corrected chi connectivity index (χ0v) is 15.2. The Morgan fingerprint density at radius 2 is 2.00 bits per heavy atom. The Hall–Kier alpha value is -2.67. The molecule has 2 heterocycles. The zero-order valence-electron chi connectivity index (χ0n) is 14.3. The van der Waals surface area contributed by atoms with E-state index in [0.29, 0.717) is 31.6 Å². The van der Waals surface area contributed by atoms with Crippen LogP contribution < -0.4 is 9.62 Å². The minimum absolute atomic E-state index is 0.174. The summed E-state index contributed by atoms with van der Waals surface area (Å²) < 4.78 is 25.3. The monoisotopic (exact) mass is 371 g/mol. The fraction of sp³-hybridized carbons (Fsp3) is 0.263. The highest BCUT2D eigenvalue weighted by atomic mass is 32.2. The van der Waals surface area contributed by atoms with Crippen LogP contribution in [0.2, 0.25) is 0 Å². The highest BCUT2D eigenvalue weighted by Crippen LogP contribution is 2.24. The molecule has 6 nitrogen and oxygen atoms in total. The summed E-state index contributed by atoms with van der Waals surface area (Å²) in [6, 6.07) is 12.8. The van der Waals surface area contributed by atoms with Crippen molar-refractivity contribution in [3.05, 3.63) is 66.0 Å². The van der Waals surface area contributed by atoms with E-state index < -0.39 is 10.0 Å². The van der Waals surface area contributed by atoms with E-state index >= 15 is 0 Å². The molecule has 0 bridgehead atoms. The van der Waals surface area contributed by atoms with Gasteiger partial charge in [0.15, 0.2) is 0 Å². The number of anilines is 1. The van der Waals surface area contributed by atoms with Gasteiger partial charge in [-0.15, -0.1) is 0 Å². The molecule has 1 aromatic heterocycles. The molecule has 1 fully saturated rings. The maximum atomic E-state index is 11.9. The summed E-state index contributed by atoms with van der Waals surface area (Å²) in [5.74, 6) is 0.0278. The second-order valence-electron chi connectivity index (χ2n) is 6.03. The van der Waals surface area contributed by atoms with Crippen LogP contribution in [0.5, 0.6) is 0 Å². The van der Waals surface area contributed by atoms with Crippen LogP contribution in [0.1, 0.15) is 17.7 Å². The number of hydrogen-bond donors (Lipinski definition) is 1. The van der Waals surface area contributed by atoms with Crippen LogP contribution in [0.25, 0.3) is 6.08 Å². The van der Waals surface area contributed by atoms with E-state index in [1.165, 1.54) is 10.4 Å². The predicted molar refractivity (Wildman–Crippen MR) is 102 cm³/mol. The fourth-order valence-corrected chi connectivity index (χ4v) is 4.34. The van der Waals surface area contributed by atoms with Gasteiger partial charge in [0.1, 0.15) is 0 Å². The number of benzene rings is 1. The molecular weight excluding hydrogens is 350 g/mol. The summed E-state index contributed by atoms with van der Waals surface area (Å²) >= 11 is 0. The largest absolute Gasteiger partial charge is 0.352 e. The van der Waals surface area contributed by atoms with Crippen molar-refractivity contribution in [2.24, 2.45) is 0 Å². The summed E-state index contributed by atoms with van der Waals surface area (Å²) in [6.45, 7) is 1.04. The van der Waals surface area contributed by atoms with Crippen molar-refractivity contribution in [2.45, 2.75) is 12.8 Å². The summed E-state index contributed by atoms with van der Waals surface area (Å²) in [7, 11) is -3.17. The van der Waals surface area contributed by atoms with Gasteiger partial charge in [0.25, 0.3) is 0 Å². The first-order chi connectivity index (χ1) is 12.5. The summed E-state index contributed by atoms with van der Waals surface area (Å²) in [5.41, 5.74) is 2.44. The van der Waals surface area contributed by atoms with Gasteiger partial charge in [0.05, 0.1) is 11.4 Å². The number of rotatable bonds is 6. The van der Waals surface area contributed by atoms with Gasteiger partial charge in [-0.2, -0.15) is 0 Å². The Kier molecular flexibility index (Phi) is 5.68. The number of aromatic nitrogens is 1. The smallest absolute Gasteiger partial charge is 0.244 e. The molecule has 1 saturated heterocycles. The predicted octanol–water partition coefficient (Wildman–Crippen LogP) is 1.99. The number of amides is 1. The van der Waals surface area contributed by atoms with Gasteiger partial charge in [-0.3, -0.25) is 14.1 Å². The van der Waals surface area contributed by atoms with E-state index in [0.717, 1.165) is 11.3 Å². The number of nitrogens with zero attached hydrogens (tertiary/aromatic N) is 2. The van der Waals surface area contributed by atoms with Gasteiger partial charge in [0.2, 0.25) is 15.9 Å². The number of carbonyl (C=O) groups excluding carboxylic acids is 1. The minimum atomic E-state index is -3.17. The Balaban J connectivity index is 1.51. The van der Waals surface area contributed by atoms with Crippen LogP contribution in [0, 0.1) is 0 Å². The molecule has 1 aliphatic rings. The van der Waals surface area contributed by atoms with Crippen LogP contribution in [0.4, 0.5) is 5.69 Å². The van der Waals surface area contributed by atoms with Crippen molar-refractivity contribution in [1.29, 1.82) is 0 Å². The lowest BCUT2D eigenvalue weighted by atomic mass is 10.2. The standard InChI is InChI=1S/C19H21N3O3S/c23-19(21-13-11-17-4-1-2-12-20-17)10-7-16-5-8-18(9-6-16)22-14-3-15-26(22,24)25/h1-2,4-10,12H,3,11,13-15H2,(H,21,23)/b10-7+. The molecule has 1 aliphatic heterocycles. The average molecular weight is 371 g/mol. The molecule has 136 valence electrons. The molecule has 0 spiro atoms. The SMILES string of the molecule is O=C(/C=C/c1ccc(N2CCCS2(=O)=O)cc1)NCCc1ccccn1. The molecule has 1 amide bonds. The average Bonchev–Trinajstić information content (AvgIpc) is 3.00. The molecular formula is C19H21N3O3S. The second-order valence-corrected chi connectivity index (χ2v) is 8.04. The van der Waals surface area contributed by atoms with Gasteiger partial charge in [-0.25, -0.2) is 8.42 Å². The summed E-state index contributed by atoms with van der Waals surface area (Å²) in [4.78, 5) is 16.1. The highest BCUT2D eigenvalue weighted by Gasteiger charge is 2.28. The van der Waals surface area contributed by atoms with Crippen LogP contribution in [-0.2, 0) is 21.2 Å². The molecule has 0 unspecified atom stereocenters. The topological polar surface area (TPSA) is 79.4 Å². The number of sulfonamides is 1. The van der Waals surface area contributed by atoms with Crippen molar-refractivity contribution in [3.8, 4) is 0 Å². The Morgan fingerprint density at radius 3 is 2.65 bits per heavy atom. The number of carbonyl (C=O) groups is 1. The third-order valence-electron chi connectivity index (χ3n) is 4.11. The lowest BCUT2D eigenvalue weighted by molar-refractivity contribution is -0.116. The van der Waals surface area contributed by atoms with E-state index in [1.54, 1.807) is 36.5 Å². The van der Waals surface area contributed by atoms with Crippen LogP contribution in [-0.4, -0.2) is 38.2 Å². The van der Waals surface area contributed by atoms with Crippen molar-refractivity contribution < 1.29 is 13.2 Å². The second kappa shape index (κ2) is 8.14. The molecule has 0 aliphatic carbocycles. The van der Waals surface area contributed by atoms with Gasteiger partial charge in [-0.05, 0) is 42.3 Å². The van der Waals surface area contributed by atoms with Gasteiger partial charge >= 0.3 is 0 Å². The van der Waals surface area contributed by atoms with E-state index in [2.05, 4.69) is 10.3 Å². The summed E-state index contributed by atoms with van der Waals surface area (Å²) in [6.07, 6.45) is 6.24. The van der Waals surface area contributed by atoms with E-state index in [4.69, 9.17) is 0 Å². The first-order valence-corrected chi connectivity index (χ1v) is 10.1. The molecule has 26 heavy (non-hydrogen) atoms. The molecule has 1 N–H and O–H groups in total. The quantitative estimate of drug-likeness (QED) is 0.788. The Bertz CT molecular complexity index is 878. The number of pyridine rings is 1. The van der Waals surface area contributed by atoms with Crippen molar-refractivity contribution >= 4 is 27.7 Å². The molecule has 0 saturated carbocycles. The molecule has 7 heteroatoms. The number of nitrogens with one attached hydrogen (secondary N) is 1. The first kappa shape index (κ1) is 18.1. The van der Waals surface area contributed by atoms with Gasteiger partial charge in [0, 0.05) is 37.5 Å². The molecule has 0 radical (unpaired) electrons. The van der Waals surface area contributed by atoms with Crippen LogP contribution in [0.15, 0.2) is 54.7 Å². The summed E-state index contributed by atoms with van der Waals surface area (Å²) in [5, 5.41) is 2.82. The molecule has 0 atom stereocenters. The molecule has 2 aromatic rings. The fourth-order valence-electron chi connectivity index (χ4n) is 2.77.